The van der Waals surface area contributed by atoms with Crippen LogP contribution in [0.5, 0.6) is 0 Å². The summed E-state index contributed by atoms with van der Waals surface area (Å²) < 4.78 is 11.2. The summed E-state index contributed by atoms with van der Waals surface area (Å²) in [5.41, 5.74) is 1.94. The van der Waals surface area contributed by atoms with E-state index in [1.807, 2.05) is 50.2 Å². The lowest BCUT2D eigenvalue weighted by molar-refractivity contribution is 0.263. The van der Waals surface area contributed by atoms with Gasteiger partial charge in [0.2, 0.25) is 5.89 Å². The van der Waals surface area contributed by atoms with Crippen molar-refractivity contribution >= 4 is 0 Å². The van der Waals surface area contributed by atoms with E-state index in [9.17, 15) is 5.11 Å². The number of nitrogens with one attached hydrogen (secondary N) is 1. The van der Waals surface area contributed by atoms with E-state index in [2.05, 4.69) is 15.5 Å². The molecule has 0 spiro atoms. The molecule has 0 fully saturated rings. The first-order valence-electron chi connectivity index (χ1n) is 7.96. The van der Waals surface area contributed by atoms with Crippen LogP contribution < -0.4 is 5.32 Å². The molecule has 1 aromatic carbocycles. The lowest BCUT2D eigenvalue weighted by atomic mass is 10.0. The van der Waals surface area contributed by atoms with Crippen LogP contribution in [0.25, 0.3) is 11.5 Å². The highest BCUT2D eigenvalue weighted by atomic mass is 16.4. The van der Waals surface area contributed by atoms with E-state index in [0.717, 1.165) is 22.6 Å². The van der Waals surface area contributed by atoms with Crippen LogP contribution in [0.2, 0.25) is 0 Å². The molecule has 0 saturated heterocycles. The van der Waals surface area contributed by atoms with Gasteiger partial charge in [0.25, 0.3) is 5.89 Å². The first kappa shape index (κ1) is 16.4. The summed E-state index contributed by atoms with van der Waals surface area (Å²) in [7, 11) is 0. The van der Waals surface area contributed by atoms with Crippen LogP contribution in [0.3, 0.4) is 0 Å². The number of nitrogens with zero attached hydrogens (tertiary/aromatic N) is 2. The molecule has 3 rings (SSSR count). The van der Waals surface area contributed by atoms with Crippen LogP contribution in [0.1, 0.15) is 35.4 Å². The molecule has 6 nitrogen and oxygen atoms in total. The number of aliphatic hydroxyl groups excluding tert-OH is 1. The van der Waals surface area contributed by atoms with Crippen LogP contribution in [0, 0.1) is 13.8 Å². The van der Waals surface area contributed by atoms with Gasteiger partial charge in [0.15, 0.2) is 0 Å². The Bertz CT molecular complexity index is 780. The zero-order valence-corrected chi connectivity index (χ0v) is 13.8. The Kier molecular flexibility index (Phi) is 5.08. The quantitative estimate of drug-likeness (QED) is 0.693. The van der Waals surface area contributed by atoms with E-state index in [1.165, 1.54) is 0 Å². The summed E-state index contributed by atoms with van der Waals surface area (Å²) in [6.45, 7) is 4.30. The molecule has 126 valence electrons. The normalized spacial score (nSPS) is 12.5. The minimum atomic E-state index is 0.0319. The third-order valence-corrected chi connectivity index (χ3v) is 3.86. The third-order valence-electron chi connectivity index (χ3n) is 3.86. The predicted octanol–water partition coefficient (Wildman–Crippen LogP) is 3.16. The van der Waals surface area contributed by atoms with Crippen molar-refractivity contribution in [2.45, 2.75) is 32.9 Å². The first-order chi connectivity index (χ1) is 11.7. The maximum absolute atomic E-state index is 9.28. The van der Waals surface area contributed by atoms with Gasteiger partial charge in [-0.05, 0) is 31.9 Å². The maximum atomic E-state index is 9.28. The standard InChI is InChI=1S/C18H21N3O3/c1-12-10-15(13(2)23-12)18-21-20-17(24-18)11-19-16(8-9-22)14-6-4-3-5-7-14/h3-7,10,16,19,22H,8-9,11H2,1-2H3. The van der Waals surface area contributed by atoms with Crippen molar-refractivity contribution in [3.8, 4) is 11.5 Å². The Labute approximate surface area is 140 Å². The number of benzene rings is 1. The van der Waals surface area contributed by atoms with Crippen molar-refractivity contribution in [3.63, 3.8) is 0 Å². The van der Waals surface area contributed by atoms with Gasteiger partial charge in [-0.1, -0.05) is 30.3 Å². The third kappa shape index (κ3) is 3.72. The highest BCUT2D eigenvalue weighted by Crippen LogP contribution is 2.25. The summed E-state index contributed by atoms with van der Waals surface area (Å²) in [5, 5.41) is 20.8. The second-order valence-electron chi connectivity index (χ2n) is 5.68. The van der Waals surface area contributed by atoms with E-state index < -0.39 is 0 Å². The van der Waals surface area contributed by atoms with E-state index in [-0.39, 0.29) is 12.6 Å². The number of aliphatic hydroxyl groups is 1. The van der Waals surface area contributed by atoms with Crippen LogP contribution in [-0.2, 0) is 6.54 Å². The molecular formula is C18H21N3O3. The molecule has 6 heteroatoms. The van der Waals surface area contributed by atoms with Gasteiger partial charge in [-0.2, -0.15) is 0 Å². The van der Waals surface area contributed by atoms with Gasteiger partial charge in [0.1, 0.15) is 11.5 Å². The Hall–Kier alpha value is -2.44. The van der Waals surface area contributed by atoms with Gasteiger partial charge in [0, 0.05) is 12.6 Å². The van der Waals surface area contributed by atoms with Gasteiger partial charge in [-0.25, -0.2) is 0 Å². The topological polar surface area (TPSA) is 84.3 Å². The largest absolute Gasteiger partial charge is 0.466 e. The summed E-state index contributed by atoms with van der Waals surface area (Å²) in [4.78, 5) is 0. The van der Waals surface area contributed by atoms with Crippen molar-refractivity contribution in [1.82, 2.24) is 15.5 Å². The Balaban J connectivity index is 1.69. The number of hydrogen-bond acceptors (Lipinski definition) is 6. The van der Waals surface area contributed by atoms with Crippen molar-refractivity contribution in [1.29, 1.82) is 0 Å². The van der Waals surface area contributed by atoms with E-state index in [0.29, 0.717) is 24.7 Å². The fourth-order valence-corrected chi connectivity index (χ4v) is 2.69. The van der Waals surface area contributed by atoms with Crippen LogP contribution in [-0.4, -0.2) is 21.9 Å². The highest BCUT2D eigenvalue weighted by molar-refractivity contribution is 5.55. The minimum absolute atomic E-state index is 0.0319. The SMILES string of the molecule is Cc1cc(-c2nnc(CNC(CCO)c3ccccc3)o2)c(C)o1. The Morgan fingerprint density at radius 3 is 2.58 bits per heavy atom. The van der Waals surface area contributed by atoms with Crippen LogP contribution >= 0.6 is 0 Å². The molecule has 1 atom stereocenters. The fraction of sp³-hybridized carbons (Fsp3) is 0.333. The molecule has 0 aliphatic heterocycles. The van der Waals surface area contributed by atoms with Gasteiger partial charge in [-0.3, -0.25) is 0 Å². The average molecular weight is 327 g/mol. The number of rotatable bonds is 7. The highest BCUT2D eigenvalue weighted by Gasteiger charge is 2.16. The van der Waals surface area contributed by atoms with Crippen molar-refractivity contribution in [2.75, 3.05) is 6.61 Å². The van der Waals surface area contributed by atoms with Crippen molar-refractivity contribution in [3.05, 3.63) is 59.4 Å². The molecular weight excluding hydrogens is 306 g/mol. The zero-order valence-electron chi connectivity index (χ0n) is 13.8. The van der Waals surface area contributed by atoms with Crippen molar-refractivity contribution in [2.24, 2.45) is 0 Å². The van der Waals surface area contributed by atoms with Crippen LogP contribution in [0.15, 0.2) is 45.2 Å². The molecule has 2 aromatic heterocycles. The van der Waals surface area contributed by atoms with E-state index >= 15 is 0 Å². The monoisotopic (exact) mass is 327 g/mol. The molecule has 3 aromatic rings. The molecule has 0 saturated carbocycles. The maximum Gasteiger partial charge on any atom is 0.251 e. The molecule has 2 N–H and O–H groups in total. The summed E-state index contributed by atoms with van der Waals surface area (Å²) in [6, 6.07) is 11.9. The lowest BCUT2D eigenvalue weighted by Crippen LogP contribution is -2.22. The molecule has 0 aliphatic carbocycles. The molecule has 0 amide bonds. The Morgan fingerprint density at radius 1 is 1.12 bits per heavy atom. The zero-order chi connectivity index (χ0) is 16.9. The summed E-state index contributed by atoms with van der Waals surface area (Å²) >= 11 is 0. The smallest absolute Gasteiger partial charge is 0.251 e. The molecule has 0 aliphatic rings. The van der Waals surface area contributed by atoms with Gasteiger partial charge < -0.3 is 19.3 Å². The second kappa shape index (κ2) is 7.42. The van der Waals surface area contributed by atoms with E-state index in [4.69, 9.17) is 8.83 Å². The van der Waals surface area contributed by atoms with Crippen LogP contribution in [0.4, 0.5) is 0 Å². The van der Waals surface area contributed by atoms with Gasteiger partial charge >= 0.3 is 0 Å². The van der Waals surface area contributed by atoms with E-state index in [1.54, 1.807) is 0 Å². The minimum Gasteiger partial charge on any atom is -0.466 e. The number of hydrogen-bond donors (Lipinski definition) is 2. The average Bonchev–Trinajstić information content (AvgIpc) is 3.18. The number of aromatic nitrogens is 2. The van der Waals surface area contributed by atoms with Gasteiger partial charge in [-0.15, -0.1) is 10.2 Å². The number of furan rings is 1. The number of aryl methyl sites for hydroxylation is 2. The first-order valence-corrected chi connectivity index (χ1v) is 7.96. The molecule has 0 bridgehead atoms. The molecule has 0 radical (unpaired) electrons. The molecule has 1 unspecified atom stereocenters. The molecule has 2 heterocycles. The Morgan fingerprint density at radius 2 is 1.92 bits per heavy atom. The van der Waals surface area contributed by atoms with Crippen molar-refractivity contribution < 1.29 is 13.9 Å². The molecule has 24 heavy (non-hydrogen) atoms. The second-order valence-corrected chi connectivity index (χ2v) is 5.68. The fourth-order valence-electron chi connectivity index (χ4n) is 2.69. The van der Waals surface area contributed by atoms with Gasteiger partial charge in [0.05, 0.1) is 12.1 Å². The lowest BCUT2D eigenvalue weighted by Gasteiger charge is -2.17. The summed E-state index contributed by atoms with van der Waals surface area (Å²) in [5.74, 6) is 2.53. The predicted molar refractivity (Wildman–Crippen MR) is 89.2 cm³/mol. The summed E-state index contributed by atoms with van der Waals surface area (Å²) in [6.07, 6.45) is 0.616.